The van der Waals surface area contributed by atoms with E-state index in [1.807, 2.05) is 23.0 Å². The molecule has 0 fully saturated rings. The Hall–Kier alpha value is -0.680. The lowest BCUT2D eigenvalue weighted by Crippen LogP contribution is -1.97. The Morgan fingerprint density at radius 1 is 1.41 bits per heavy atom. The van der Waals surface area contributed by atoms with Crippen molar-refractivity contribution < 1.29 is 0 Å². The summed E-state index contributed by atoms with van der Waals surface area (Å²) >= 11 is 7.05. The summed E-state index contributed by atoms with van der Waals surface area (Å²) in [5, 5.41) is 8.36. The van der Waals surface area contributed by atoms with Gasteiger partial charge in [0, 0.05) is 4.47 Å². The first-order valence-electron chi connectivity index (χ1n) is 5.44. The van der Waals surface area contributed by atoms with Crippen molar-refractivity contribution in [1.29, 1.82) is 0 Å². The largest absolute Gasteiger partial charge is 0.220 e. The number of hydrogen-bond donors (Lipinski definition) is 0. The highest BCUT2D eigenvalue weighted by Crippen LogP contribution is 2.25. The molecule has 3 nitrogen and oxygen atoms in total. The van der Waals surface area contributed by atoms with Crippen LogP contribution in [0.3, 0.4) is 0 Å². The van der Waals surface area contributed by atoms with Gasteiger partial charge in [-0.05, 0) is 31.0 Å². The summed E-state index contributed by atoms with van der Waals surface area (Å²) < 4.78 is 2.86. The zero-order valence-corrected chi connectivity index (χ0v) is 12.9. The average molecular weight is 359 g/mol. The van der Waals surface area contributed by atoms with Crippen LogP contribution in [-0.2, 0) is 0 Å². The number of benzene rings is 1. The molecule has 0 aliphatic heterocycles. The maximum Gasteiger partial charge on any atom is 0.0967 e. The molecule has 90 valence electrons. The van der Waals surface area contributed by atoms with Crippen LogP contribution in [0.15, 0.2) is 28.9 Å². The predicted octanol–water partition coefficient (Wildman–Crippen LogP) is 4.18. The molecular formula is C12H13Br2N3. The summed E-state index contributed by atoms with van der Waals surface area (Å²) in [5.74, 6) is 0. The van der Waals surface area contributed by atoms with Gasteiger partial charge in [0.05, 0.1) is 22.4 Å². The van der Waals surface area contributed by atoms with Gasteiger partial charge in [-0.15, -0.1) is 5.10 Å². The lowest BCUT2D eigenvalue weighted by molar-refractivity contribution is 0.786. The van der Waals surface area contributed by atoms with Gasteiger partial charge < -0.3 is 0 Å². The van der Waals surface area contributed by atoms with Crippen molar-refractivity contribution >= 4 is 31.9 Å². The average Bonchev–Trinajstić information content (AvgIpc) is 2.80. The molecule has 0 spiro atoms. The normalized spacial score (nSPS) is 12.7. The van der Waals surface area contributed by atoms with Crippen molar-refractivity contribution in [2.24, 2.45) is 0 Å². The molecule has 1 aromatic carbocycles. The van der Waals surface area contributed by atoms with E-state index in [0.29, 0.717) is 0 Å². The molecule has 0 N–H and O–H groups in total. The van der Waals surface area contributed by atoms with Gasteiger partial charge >= 0.3 is 0 Å². The van der Waals surface area contributed by atoms with Crippen molar-refractivity contribution in [3.63, 3.8) is 0 Å². The van der Waals surface area contributed by atoms with Crippen molar-refractivity contribution in [3.8, 4) is 5.69 Å². The van der Waals surface area contributed by atoms with E-state index in [-0.39, 0.29) is 4.83 Å². The van der Waals surface area contributed by atoms with Crippen LogP contribution in [0, 0.1) is 6.92 Å². The summed E-state index contributed by atoms with van der Waals surface area (Å²) in [5.41, 5.74) is 3.19. The fourth-order valence-electron chi connectivity index (χ4n) is 1.58. The SMILES string of the molecule is CCC(Br)c1cn(-c2cc(Br)ccc2C)nn1. The van der Waals surface area contributed by atoms with Crippen LogP contribution in [0.5, 0.6) is 0 Å². The molecule has 1 unspecified atom stereocenters. The Labute approximate surface area is 117 Å². The quantitative estimate of drug-likeness (QED) is 0.770. The highest BCUT2D eigenvalue weighted by Gasteiger charge is 2.11. The molecule has 5 heteroatoms. The molecular weight excluding hydrogens is 346 g/mol. The lowest BCUT2D eigenvalue weighted by Gasteiger charge is -2.05. The molecule has 0 saturated heterocycles. The maximum absolute atomic E-state index is 4.18. The summed E-state index contributed by atoms with van der Waals surface area (Å²) in [6.45, 7) is 4.18. The van der Waals surface area contributed by atoms with E-state index >= 15 is 0 Å². The molecule has 0 saturated carbocycles. The van der Waals surface area contributed by atoms with Crippen LogP contribution < -0.4 is 0 Å². The molecule has 0 aliphatic carbocycles. The Bertz CT molecular complexity index is 522. The maximum atomic E-state index is 4.18. The third-order valence-electron chi connectivity index (χ3n) is 2.61. The summed E-state index contributed by atoms with van der Waals surface area (Å²) in [6, 6.07) is 6.13. The van der Waals surface area contributed by atoms with Gasteiger partial charge in [0.15, 0.2) is 0 Å². The highest BCUT2D eigenvalue weighted by atomic mass is 79.9. The third kappa shape index (κ3) is 2.77. The van der Waals surface area contributed by atoms with Crippen LogP contribution in [0.2, 0.25) is 0 Å². The molecule has 0 amide bonds. The van der Waals surface area contributed by atoms with E-state index in [9.17, 15) is 0 Å². The smallest absolute Gasteiger partial charge is 0.0967 e. The monoisotopic (exact) mass is 357 g/mol. The Balaban J connectivity index is 2.40. The van der Waals surface area contributed by atoms with Gasteiger partial charge in [-0.1, -0.05) is 50.1 Å². The standard InChI is InChI=1S/C12H13Br2N3/c1-3-10(14)11-7-17(16-15-11)12-6-9(13)5-4-8(12)2/h4-7,10H,3H2,1-2H3. The van der Waals surface area contributed by atoms with E-state index in [1.165, 1.54) is 5.56 Å². The Kier molecular flexibility index (Phi) is 3.99. The Morgan fingerprint density at radius 2 is 2.18 bits per heavy atom. The molecule has 1 heterocycles. The number of hydrogen-bond acceptors (Lipinski definition) is 2. The molecule has 0 radical (unpaired) electrons. The van der Waals surface area contributed by atoms with Crippen molar-refractivity contribution in [1.82, 2.24) is 15.0 Å². The first-order valence-corrected chi connectivity index (χ1v) is 7.15. The van der Waals surface area contributed by atoms with Crippen molar-refractivity contribution in [2.75, 3.05) is 0 Å². The summed E-state index contributed by atoms with van der Waals surface area (Å²) in [4.78, 5) is 0.267. The van der Waals surface area contributed by atoms with Gasteiger partial charge in [0.2, 0.25) is 0 Å². The van der Waals surface area contributed by atoms with Crippen molar-refractivity contribution in [2.45, 2.75) is 25.1 Å². The van der Waals surface area contributed by atoms with Crippen LogP contribution in [0.1, 0.15) is 29.4 Å². The molecule has 0 aliphatic rings. The number of aryl methyl sites for hydroxylation is 1. The van der Waals surface area contributed by atoms with Crippen LogP contribution in [0.25, 0.3) is 5.69 Å². The van der Waals surface area contributed by atoms with E-state index in [0.717, 1.165) is 22.3 Å². The zero-order valence-electron chi connectivity index (χ0n) is 9.69. The molecule has 0 bridgehead atoms. The molecule has 2 aromatic rings. The number of halogens is 2. The van der Waals surface area contributed by atoms with E-state index < -0.39 is 0 Å². The highest BCUT2D eigenvalue weighted by molar-refractivity contribution is 9.10. The minimum Gasteiger partial charge on any atom is -0.220 e. The second-order valence-corrected chi connectivity index (χ2v) is 5.92. The predicted molar refractivity (Wildman–Crippen MR) is 75.8 cm³/mol. The van der Waals surface area contributed by atoms with Crippen LogP contribution >= 0.6 is 31.9 Å². The third-order valence-corrected chi connectivity index (χ3v) is 4.22. The van der Waals surface area contributed by atoms with Gasteiger partial charge in [-0.2, -0.15) is 0 Å². The van der Waals surface area contributed by atoms with Gasteiger partial charge in [0.25, 0.3) is 0 Å². The summed E-state index contributed by atoms with van der Waals surface area (Å²) in [7, 11) is 0. The van der Waals surface area contributed by atoms with Gasteiger partial charge in [-0.3, -0.25) is 0 Å². The number of rotatable bonds is 3. The van der Waals surface area contributed by atoms with E-state index in [4.69, 9.17) is 0 Å². The lowest BCUT2D eigenvalue weighted by atomic mass is 10.2. The topological polar surface area (TPSA) is 30.7 Å². The zero-order chi connectivity index (χ0) is 12.4. The molecule has 2 rings (SSSR count). The van der Waals surface area contributed by atoms with E-state index in [1.54, 1.807) is 0 Å². The molecule has 1 atom stereocenters. The molecule has 17 heavy (non-hydrogen) atoms. The van der Waals surface area contributed by atoms with Crippen LogP contribution in [0.4, 0.5) is 0 Å². The van der Waals surface area contributed by atoms with E-state index in [2.05, 4.69) is 62.1 Å². The minimum atomic E-state index is 0.267. The first-order chi connectivity index (χ1) is 8.11. The fraction of sp³-hybridized carbons (Fsp3) is 0.333. The van der Waals surface area contributed by atoms with Gasteiger partial charge in [-0.25, -0.2) is 4.68 Å². The van der Waals surface area contributed by atoms with Crippen LogP contribution in [-0.4, -0.2) is 15.0 Å². The van der Waals surface area contributed by atoms with Gasteiger partial charge in [0.1, 0.15) is 0 Å². The molecule has 1 aromatic heterocycles. The number of nitrogens with zero attached hydrogens (tertiary/aromatic N) is 3. The number of aromatic nitrogens is 3. The Morgan fingerprint density at radius 3 is 2.88 bits per heavy atom. The fourth-order valence-corrected chi connectivity index (χ4v) is 2.14. The van der Waals surface area contributed by atoms with Crippen molar-refractivity contribution in [3.05, 3.63) is 40.1 Å². The summed E-state index contributed by atoms with van der Waals surface area (Å²) in [6.07, 6.45) is 2.97. The second-order valence-electron chi connectivity index (χ2n) is 3.89. The minimum absolute atomic E-state index is 0.267. The second kappa shape index (κ2) is 5.31. The number of alkyl halides is 1. The first kappa shape index (κ1) is 12.8.